The van der Waals surface area contributed by atoms with Gasteiger partial charge in [-0.2, -0.15) is 0 Å². The normalized spacial score (nSPS) is 9.67. The van der Waals surface area contributed by atoms with E-state index in [0.717, 1.165) is 19.2 Å². The molecule has 0 aliphatic heterocycles. The maximum atomic E-state index is 11.4. The summed E-state index contributed by atoms with van der Waals surface area (Å²) in [6, 6.07) is 3.29. The minimum Gasteiger partial charge on any atom is -0.465 e. The van der Waals surface area contributed by atoms with Gasteiger partial charge in [0, 0.05) is 12.1 Å². The molecule has 0 radical (unpaired) electrons. The fourth-order valence-electron chi connectivity index (χ4n) is 1.14. The van der Waals surface area contributed by atoms with Crippen LogP contribution >= 0.6 is 15.9 Å². The van der Waals surface area contributed by atoms with E-state index >= 15 is 0 Å². The van der Waals surface area contributed by atoms with E-state index in [-0.39, 0.29) is 22.3 Å². The van der Waals surface area contributed by atoms with E-state index in [2.05, 4.69) is 20.7 Å². The molecule has 96 valence electrons. The Kier molecular flexibility index (Phi) is 4.78. The molecular weight excluding hydrogens is 310 g/mol. The molecule has 1 aromatic rings. The molecule has 0 aromatic heterocycles. The summed E-state index contributed by atoms with van der Waals surface area (Å²) in [5.41, 5.74) is -0.477. The van der Waals surface area contributed by atoms with Crippen LogP contribution in [0.2, 0.25) is 0 Å². The van der Waals surface area contributed by atoms with E-state index in [1.54, 1.807) is 0 Å². The van der Waals surface area contributed by atoms with Gasteiger partial charge >= 0.3 is 11.9 Å². The summed E-state index contributed by atoms with van der Waals surface area (Å²) in [6.45, 7) is 0. The Morgan fingerprint density at radius 1 is 1.44 bits per heavy atom. The zero-order chi connectivity index (χ0) is 13.7. The maximum Gasteiger partial charge on any atom is 0.341 e. The Bertz CT molecular complexity index is 501. The number of carbonyl (C=O) groups excluding carboxylic acids is 2. The van der Waals surface area contributed by atoms with Crippen molar-refractivity contribution >= 4 is 33.6 Å². The number of methoxy groups -OCH3 is 1. The molecule has 7 nitrogen and oxygen atoms in total. The van der Waals surface area contributed by atoms with Gasteiger partial charge in [0.1, 0.15) is 16.6 Å². The third-order valence-corrected chi connectivity index (χ3v) is 2.37. The van der Waals surface area contributed by atoms with Crippen LogP contribution in [0.25, 0.3) is 0 Å². The quantitative estimate of drug-likeness (QED) is 0.275. The number of alkyl halides is 1. The topological polar surface area (TPSA) is 95.7 Å². The van der Waals surface area contributed by atoms with Crippen molar-refractivity contribution in [2.24, 2.45) is 0 Å². The van der Waals surface area contributed by atoms with E-state index in [0.29, 0.717) is 0 Å². The number of rotatable bonds is 4. The number of ether oxygens (including phenoxy) is 2. The Morgan fingerprint density at radius 2 is 2.11 bits per heavy atom. The lowest BCUT2D eigenvalue weighted by Crippen LogP contribution is -2.13. The summed E-state index contributed by atoms with van der Waals surface area (Å²) in [6.07, 6.45) is 0. The first-order chi connectivity index (χ1) is 8.49. The number of esters is 2. The fraction of sp³-hybridized carbons (Fsp3) is 0.200. The molecule has 0 saturated carbocycles. The second-order valence-corrected chi connectivity index (χ2v) is 3.60. The molecule has 18 heavy (non-hydrogen) atoms. The summed E-state index contributed by atoms with van der Waals surface area (Å²) < 4.78 is 9.31. The second-order valence-electron chi connectivity index (χ2n) is 3.04. The van der Waals surface area contributed by atoms with Crippen LogP contribution in [0.1, 0.15) is 10.4 Å². The zero-order valence-electron chi connectivity index (χ0n) is 9.21. The molecule has 0 unspecified atom stereocenters. The standard InChI is InChI=1S/C10H8BrNO6/c1-17-10(14)7-4-6(12(15)16)2-3-8(7)18-9(13)5-11/h2-4H,5H2,1H3. The predicted octanol–water partition coefficient (Wildman–Crippen LogP) is 1.68. The molecule has 0 spiro atoms. The van der Waals surface area contributed by atoms with Gasteiger partial charge in [-0.25, -0.2) is 4.79 Å². The first kappa shape index (κ1) is 14.1. The van der Waals surface area contributed by atoms with Crippen molar-refractivity contribution in [1.82, 2.24) is 0 Å². The Labute approximate surface area is 110 Å². The van der Waals surface area contributed by atoms with Crippen molar-refractivity contribution in [1.29, 1.82) is 0 Å². The van der Waals surface area contributed by atoms with Crippen LogP contribution in [0.15, 0.2) is 18.2 Å². The molecule has 0 atom stereocenters. The smallest absolute Gasteiger partial charge is 0.341 e. The van der Waals surface area contributed by atoms with Crippen LogP contribution in [0.4, 0.5) is 5.69 Å². The summed E-state index contributed by atoms with van der Waals surface area (Å²) in [7, 11) is 1.12. The SMILES string of the molecule is COC(=O)c1cc([N+](=O)[O-])ccc1OC(=O)CBr. The molecule has 0 aliphatic carbocycles. The highest BCUT2D eigenvalue weighted by atomic mass is 79.9. The van der Waals surface area contributed by atoms with E-state index in [9.17, 15) is 19.7 Å². The molecule has 0 bridgehead atoms. The molecule has 0 fully saturated rings. The van der Waals surface area contributed by atoms with Gasteiger partial charge < -0.3 is 9.47 Å². The molecule has 0 amide bonds. The molecule has 0 N–H and O–H groups in total. The highest BCUT2D eigenvalue weighted by Gasteiger charge is 2.19. The number of benzene rings is 1. The van der Waals surface area contributed by atoms with Crippen molar-refractivity contribution in [3.8, 4) is 5.75 Å². The molecule has 0 saturated heterocycles. The first-order valence-corrected chi connectivity index (χ1v) is 5.75. The second kappa shape index (κ2) is 6.10. The number of carbonyl (C=O) groups is 2. The van der Waals surface area contributed by atoms with Gasteiger partial charge in [0.2, 0.25) is 0 Å². The molecule has 1 rings (SSSR count). The lowest BCUT2D eigenvalue weighted by Gasteiger charge is -2.07. The van der Waals surface area contributed by atoms with E-state index in [4.69, 9.17) is 4.74 Å². The molecule has 8 heteroatoms. The molecule has 0 heterocycles. The van der Waals surface area contributed by atoms with Crippen LogP contribution in [-0.4, -0.2) is 29.3 Å². The lowest BCUT2D eigenvalue weighted by molar-refractivity contribution is -0.384. The van der Waals surface area contributed by atoms with Crippen LogP contribution in [0.5, 0.6) is 5.75 Å². The summed E-state index contributed by atoms with van der Waals surface area (Å²) in [5, 5.41) is 10.5. The fourth-order valence-corrected chi connectivity index (χ4v) is 1.25. The van der Waals surface area contributed by atoms with Gasteiger partial charge in [-0.15, -0.1) is 0 Å². The van der Waals surface area contributed by atoms with Crippen molar-refractivity contribution in [3.05, 3.63) is 33.9 Å². The number of hydrogen-bond acceptors (Lipinski definition) is 6. The third kappa shape index (κ3) is 3.27. The van der Waals surface area contributed by atoms with Gasteiger partial charge in [-0.05, 0) is 6.07 Å². The van der Waals surface area contributed by atoms with Crippen LogP contribution in [0, 0.1) is 10.1 Å². The first-order valence-electron chi connectivity index (χ1n) is 4.63. The van der Waals surface area contributed by atoms with Crippen LogP contribution < -0.4 is 4.74 Å². The average Bonchev–Trinajstić information content (AvgIpc) is 2.37. The Balaban J connectivity index is 3.20. The van der Waals surface area contributed by atoms with E-state index in [1.165, 1.54) is 6.07 Å². The van der Waals surface area contributed by atoms with Crippen molar-refractivity contribution in [2.75, 3.05) is 12.4 Å². The number of non-ortho nitro benzene ring substituents is 1. The highest BCUT2D eigenvalue weighted by molar-refractivity contribution is 9.09. The lowest BCUT2D eigenvalue weighted by atomic mass is 10.2. The maximum absolute atomic E-state index is 11.4. The van der Waals surface area contributed by atoms with E-state index < -0.39 is 16.9 Å². The van der Waals surface area contributed by atoms with Gasteiger partial charge in [-0.1, -0.05) is 15.9 Å². The number of nitrogens with zero attached hydrogens (tertiary/aromatic N) is 1. The van der Waals surface area contributed by atoms with E-state index in [1.807, 2.05) is 0 Å². The summed E-state index contributed by atoms with van der Waals surface area (Å²) in [4.78, 5) is 32.5. The predicted molar refractivity (Wildman–Crippen MR) is 63.9 cm³/mol. The minimum absolute atomic E-state index is 0.0649. The van der Waals surface area contributed by atoms with Gasteiger partial charge in [0.15, 0.2) is 0 Å². The van der Waals surface area contributed by atoms with Gasteiger partial charge in [0.25, 0.3) is 5.69 Å². The Hall–Kier alpha value is -1.96. The number of hydrogen-bond donors (Lipinski definition) is 0. The van der Waals surface area contributed by atoms with Crippen LogP contribution in [0.3, 0.4) is 0 Å². The summed E-state index contributed by atoms with van der Waals surface area (Å²) in [5.74, 6) is -1.54. The third-order valence-electron chi connectivity index (χ3n) is 1.91. The summed E-state index contributed by atoms with van der Waals surface area (Å²) >= 11 is 2.89. The number of nitro benzene ring substituents is 1. The minimum atomic E-state index is -0.823. The highest BCUT2D eigenvalue weighted by Crippen LogP contribution is 2.25. The van der Waals surface area contributed by atoms with Crippen molar-refractivity contribution < 1.29 is 24.0 Å². The largest absolute Gasteiger partial charge is 0.465 e. The molecule has 1 aromatic carbocycles. The van der Waals surface area contributed by atoms with Crippen molar-refractivity contribution in [3.63, 3.8) is 0 Å². The van der Waals surface area contributed by atoms with Gasteiger partial charge in [0.05, 0.1) is 12.0 Å². The number of halogens is 1. The molecular formula is C10H8BrNO6. The van der Waals surface area contributed by atoms with Gasteiger partial charge in [-0.3, -0.25) is 14.9 Å². The zero-order valence-corrected chi connectivity index (χ0v) is 10.8. The monoisotopic (exact) mass is 317 g/mol. The number of nitro groups is 1. The van der Waals surface area contributed by atoms with Crippen molar-refractivity contribution in [2.45, 2.75) is 0 Å². The molecule has 0 aliphatic rings. The van der Waals surface area contributed by atoms with Crippen LogP contribution in [-0.2, 0) is 9.53 Å². The Morgan fingerprint density at radius 3 is 2.61 bits per heavy atom. The average molecular weight is 318 g/mol.